The fourth-order valence-corrected chi connectivity index (χ4v) is 4.87. The van der Waals surface area contributed by atoms with Gasteiger partial charge in [-0.3, -0.25) is 9.69 Å². The summed E-state index contributed by atoms with van der Waals surface area (Å²) >= 11 is 1.05. The molecule has 0 spiro atoms. The molecule has 10 heteroatoms. The minimum Gasteiger partial charge on any atom is -0.490 e. The summed E-state index contributed by atoms with van der Waals surface area (Å²) in [7, 11) is 0. The number of carbonyl (C=O) groups is 1. The molecular formula is C25H26F3N3O3S. The molecule has 1 N–H and O–H groups in total. The molecule has 0 aliphatic carbocycles. The van der Waals surface area contributed by atoms with Crippen LogP contribution in [0, 0.1) is 5.92 Å². The zero-order valence-electron chi connectivity index (χ0n) is 19.6. The molecule has 1 saturated heterocycles. The first-order chi connectivity index (χ1) is 16.6. The Labute approximate surface area is 205 Å². The van der Waals surface area contributed by atoms with Crippen LogP contribution in [0.25, 0.3) is 22.0 Å². The van der Waals surface area contributed by atoms with Gasteiger partial charge in [0.15, 0.2) is 5.82 Å². The van der Waals surface area contributed by atoms with E-state index in [0.29, 0.717) is 36.0 Å². The molecule has 186 valence electrons. The van der Waals surface area contributed by atoms with Crippen molar-refractivity contribution in [3.63, 3.8) is 0 Å². The standard InChI is InChI=1S/C25H26F3N3O3S/c1-4-18-16(11-31-12-17(13-31)24(32)33)6-5-7-19(18)22-29-23(35-30-22)15-8-9-21(34-14(2)3)20(10-15)25(26,27)28/h5-10,14,17H,4,11-13H2,1-3H3,(H,32,33). The Balaban J connectivity index is 1.62. The quantitative estimate of drug-likeness (QED) is 0.420. The Kier molecular flexibility index (Phi) is 7.14. The Bertz CT molecular complexity index is 1220. The van der Waals surface area contributed by atoms with Gasteiger partial charge in [-0.05, 0) is 61.1 Å². The number of hydrogen-bond donors (Lipinski definition) is 1. The molecule has 0 radical (unpaired) electrons. The number of rotatable bonds is 8. The Morgan fingerprint density at radius 3 is 2.63 bits per heavy atom. The highest BCUT2D eigenvalue weighted by Crippen LogP contribution is 2.40. The van der Waals surface area contributed by atoms with E-state index in [-0.39, 0.29) is 17.8 Å². The van der Waals surface area contributed by atoms with Crippen LogP contribution in [0.4, 0.5) is 13.2 Å². The van der Waals surface area contributed by atoms with Crippen LogP contribution in [0.3, 0.4) is 0 Å². The lowest BCUT2D eigenvalue weighted by Crippen LogP contribution is -2.49. The normalized spacial score (nSPS) is 14.8. The predicted octanol–water partition coefficient (Wildman–Crippen LogP) is 5.76. The summed E-state index contributed by atoms with van der Waals surface area (Å²) in [5.74, 6) is -0.850. The van der Waals surface area contributed by atoms with Gasteiger partial charge in [0, 0.05) is 30.8 Å². The average Bonchev–Trinajstić information content (AvgIpc) is 3.24. The minimum absolute atomic E-state index is 0.210. The van der Waals surface area contributed by atoms with E-state index in [1.807, 2.05) is 25.1 Å². The SMILES string of the molecule is CCc1c(CN2CC(C(=O)O)C2)cccc1-c1nsc(-c2ccc(OC(C)C)c(C(F)(F)F)c2)n1. The van der Waals surface area contributed by atoms with Crippen LogP contribution in [-0.2, 0) is 23.9 Å². The van der Waals surface area contributed by atoms with Crippen molar-refractivity contribution >= 4 is 17.5 Å². The van der Waals surface area contributed by atoms with E-state index < -0.39 is 17.7 Å². The molecule has 1 aliphatic rings. The molecular weight excluding hydrogens is 479 g/mol. The lowest BCUT2D eigenvalue weighted by molar-refractivity contribution is -0.147. The Morgan fingerprint density at radius 1 is 1.26 bits per heavy atom. The summed E-state index contributed by atoms with van der Waals surface area (Å²) in [6.45, 7) is 7.03. The number of nitrogens with zero attached hydrogens (tertiary/aromatic N) is 3. The smallest absolute Gasteiger partial charge is 0.419 e. The van der Waals surface area contributed by atoms with Crippen LogP contribution < -0.4 is 4.74 Å². The molecule has 1 aromatic heterocycles. The van der Waals surface area contributed by atoms with Crippen LogP contribution >= 0.6 is 11.5 Å². The van der Waals surface area contributed by atoms with Crippen molar-refractivity contribution in [2.24, 2.45) is 5.92 Å². The summed E-state index contributed by atoms with van der Waals surface area (Å²) in [6, 6.07) is 9.77. The Hall–Kier alpha value is -2.98. The number of aliphatic carboxylic acids is 1. The monoisotopic (exact) mass is 505 g/mol. The summed E-state index contributed by atoms with van der Waals surface area (Å²) < 4.78 is 50.8. The van der Waals surface area contributed by atoms with E-state index in [9.17, 15) is 18.0 Å². The van der Waals surface area contributed by atoms with Gasteiger partial charge >= 0.3 is 12.1 Å². The molecule has 35 heavy (non-hydrogen) atoms. The van der Waals surface area contributed by atoms with Crippen molar-refractivity contribution in [1.29, 1.82) is 0 Å². The van der Waals surface area contributed by atoms with Gasteiger partial charge in [-0.25, -0.2) is 4.98 Å². The first kappa shape index (κ1) is 25.1. The van der Waals surface area contributed by atoms with Crippen LogP contribution in [0.15, 0.2) is 36.4 Å². The molecule has 1 fully saturated rings. The highest BCUT2D eigenvalue weighted by Gasteiger charge is 2.35. The number of hydrogen-bond acceptors (Lipinski definition) is 6. The third kappa shape index (κ3) is 5.48. The Morgan fingerprint density at radius 2 is 2.00 bits per heavy atom. The lowest BCUT2D eigenvalue weighted by atomic mass is 9.95. The molecule has 1 aliphatic heterocycles. The number of alkyl halides is 3. The fourth-order valence-electron chi connectivity index (χ4n) is 4.20. The lowest BCUT2D eigenvalue weighted by Gasteiger charge is -2.37. The van der Waals surface area contributed by atoms with Gasteiger partial charge in [0.2, 0.25) is 0 Å². The zero-order chi connectivity index (χ0) is 25.3. The van der Waals surface area contributed by atoms with Crippen molar-refractivity contribution in [2.45, 2.75) is 46.0 Å². The van der Waals surface area contributed by atoms with Gasteiger partial charge < -0.3 is 9.84 Å². The second-order valence-corrected chi connectivity index (χ2v) is 9.58. The minimum atomic E-state index is -4.56. The average molecular weight is 506 g/mol. The van der Waals surface area contributed by atoms with E-state index in [2.05, 4.69) is 14.3 Å². The summed E-state index contributed by atoms with van der Waals surface area (Å²) in [5, 5.41) is 9.50. The highest BCUT2D eigenvalue weighted by atomic mass is 32.1. The number of aromatic nitrogens is 2. The van der Waals surface area contributed by atoms with E-state index in [1.165, 1.54) is 6.07 Å². The summed E-state index contributed by atoms with van der Waals surface area (Å²) in [6.07, 6.45) is -4.23. The molecule has 0 saturated carbocycles. The van der Waals surface area contributed by atoms with Crippen molar-refractivity contribution in [2.75, 3.05) is 13.1 Å². The number of benzene rings is 2. The van der Waals surface area contributed by atoms with Crippen LogP contribution in [0.1, 0.15) is 37.5 Å². The van der Waals surface area contributed by atoms with Crippen LogP contribution in [-0.4, -0.2) is 44.5 Å². The molecule has 2 heterocycles. The van der Waals surface area contributed by atoms with E-state index in [0.717, 1.165) is 40.7 Å². The maximum absolute atomic E-state index is 13.7. The molecule has 0 amide bonds. The van der Waals surface area contributed by atoms with Crippen molar-refractivity contribution in [3.05, 3.63) is 53.1 Å². The molecule has 0 bridgehead atoms. The molecule has 2 aromatic carbocycles. The van der Waals surface area contributed by atoms with Gasteiger partial charge in [-0.2, -0.15) is 17.5 Å². The van der Waals surface area contributed by atoms with Gasteiger partial charge in [0.1, 0.15) is 10.8 Å². The third-order valence-corrected chi connectivity index (χ3v) is 6.65. The first-order valence-corrected chi connectivity index (χ1v) is 12.1. The second kappa shape index (κ2) is 9.94. The van der Waals surface area contributed by atoms with Crippen LogP contribution in [0.5, 0.6) is 5.75 Å². The topological polar surface area (TPSA) is 75.6 Å². The summed E-state index contributed by atoms with van der Waals surface area (Å²) in [4.78, 5) is 17.7. The number of carboxylic acid groups (broad SMARTS) is 1. The first-order valence-electron chi connectivity index (χ1n) is 11.3. The maximum Gasteiger partial charge on any atom is 0.419 e. The van der Waals surface area contributed by atoms with E-state index >= 15 is 0 Å². The number of carboxylic acids is 1. The fraction of sp³-hybridized carbons (Fsp3) is 0.400. The van der Waals surface area contributed by atoms with Crippen LogP contribution in [0.2, 0.25) is 0 Å². The number of likely N-dealkylation sites (tertiary alicyclic amines) is 1. The second-order valence-electron chi connectivity index (χ2n) is 8.82. The van der Waals surface area contributed by atoms with E-state index in [1.54, 1.807) is 19.9 Å². The number of halogens is 3. The van der Waals surface area contributed by atoms with Crippen molar-refractivity contribution in [3.8, 4) is 27.7 Å². The van der Waals surface area contributed by atoms with Gasteiger partial charge in [-0.15, -0.1) is 0 Å². The third-order valence-electron chi connectivity index (χ3n) is 5.89. The summed E-state index contributed by atoms with van der Waals surface area (Å²) in [5.41, 5.74) is 2.43. The van der Waals surface area contributed by atoms with Crippen molar-refractivity contribution < 1.29 is 27.8 Å². The molecule has 0 atom stereocenters. The molecule has 0 unspecified atom stereocenters. The van der Waals surface area contributed by atoms with Gasteiger partial charge in [0.05, 0.1) is 17.6 Å². The predicted molar refractivity (Wildman–Crippen MR) is 127 cm³/mol. The van der Waals surface area contributed by atoms with Gasteiger partial charge in [0.25, 0.3) is 0 Å². The molecule has 4 rings (SSSR count). The van der Waals surface area contributed by atoms with Gasteiger partial charge in [-0.1, -0.05) is 25.1 Å². The van der Waals surface area contributed by atoms with E-state index in [4.69, 9.17) is 9.84 Å². The van der Waals surface area contributed by atoms with Crippen molar-refractivity contribution in [1.82, 2.24) is 14.3 Å². The molecule has 3 aromatic rings. The molecule has 6 nitrogen and oxygen atoms in total. The highest BCUT2D eigenvalue weighted by molar-refractivity contribution is 7.09. The number of ether oxygens (including phenoxy) is 1. The largest absolute Gasteiger partial charge is 0.490 e. The maximum atomic E-state index is 13.7. The zero-order valence-corrected chi connectivity index (χ0v) is 20.4.